The standard InChI is InChI=1S/C26H37N5O3/c1-3-4-16-30-24(27)23(25(33)28-26(30)34)31(19-12-6-7-13-19)22(32)17-29(2)21-15-9-11-18-10-5-8-14-20(18)21/h5,8,10,14,19,21H,3-4,6-7,9,11-13,15-17,27H2,1-2H3,(H,28,33,34). The first-order valence-corrected chi connectivity index (χ1v) is 12.6. The highest BCUT2D eigenvalue weighted by atomic mass is 16.2. The van der Waals surface area contributed by atoms with Crippen LogP contribution in [-0.4, -0.2) is 40.0 Å². The fourth-order valence-electron chi connectivity index (χ4n) is 5.61. The molecule has 1 heterocycles. The molecule has 8 nitrogen and oxygen atoms in total. The molecule has 4 rings (SSSR count). The molecule has 1 fully saturated rings. The molecule has 0 radical (unpaired) electrons. The van der Waals surface area contributed by atoms with Crippen molar-refractivity contribution < 1.29 is 4.79 Å². The number of fused-ring (bicyclic) bond motifs is 1. The molecular formula is C26H37N5O3. The van der Waals surface area contributed by atoms with Crippen molar-refractivity contribution >= 4 is 17.4 Å². The SMILES string of the molecule is CCCCn1c(N)c(N(C(=O)CN(C)C2CCCc3ccccc32)C2CCCC2)c(=O)[nH]c1=O. The second kappa shape index (κ2) is 10.6. The van der Waals surface area contributed by atoms with Gasteiger partial charge in [-0.3, -0.25) is 24.0 Å². The van der Waals surface area contributed by atoms with Crippen molar-refractivity contribution in [3.8, 4) is 0 Å². The summed E-state index contributed by atoms with van der Waals surface area (Å²) in [4.78, 5) is 45.3. The smallest absolute Gasteiger partial charge is 0.330 e. The van der Waals surface area contributed by atoms with Crippen molar-refractivity contribution in [3.63, 3.8) is 0 Å². The topological polar surface area (TPSA) is 104 Å². The molecule has 2 aliphatic rings. The van der Waals surface area contributed by atoms with Crippen LogP contribution in [-0.2, 0) is 17.8 Å². The van der Waals surface area contributed by atoms with E-state index in [0.29, 0.717) is 6.54 Å². The Bertz CT molecular complexity index is 1130. The predicted molar refractivity (Wildman–Crippen MR) is 135 cm³/mol. The number of benzene rings is 1. The number of aromatic amines is 1. The number of carbonyl (C=O) groups is 1. The molecule has 1 amide bonds. The maximum Gasteiger partial charge on any atom is 0.330 e. The molecule has 1 aromatic carbocycles. The van der Waals surface area contributed by atoms with Gasteiger partial charge in [-0.05, 0) is 56.7 Å². The first-order valence-electron chi connectivity index (χ1n) is 12.6. The number of nitrogens with zero attached hydrogens (tertiary/aromatic N) is 3. The molecule has 184 valence electrons. The van der Waals surface area contributed by atoms with E-state index in [1.54, 1.807) is 4.90 Å². The van der Waals surface area contributed by atoms with E-state index in [2.05, 4.69) is 34.1 Å². The molecule has 0 bridgehead atoms. The summed E-state index contributed by atoms with van der Waals surface area (Å²) in [5.41, 5.74) is 8.05. The number of H-pyrrole nitrogens is 1. The fourth-order valence-corrected chi connectivity index (χ4v) is 5.61. The number of amides is 1. The van der Waals surface area contributed by atoms with Gasteiger partial charge >= 0.3 is 5.69 Å². The first kappa shape index (κ1) is 24.3. The van der Waals surface area contributed by atoms with E-state index >= 15 is 0 Å². The average molecular weight is 468 g/mol. The van der Waals surface area contributed by atoms with E-state index in [0.717, 1.165) is 57.8 Å². The summed E-state index contributed by atoms with van der Waals surface area (Å²) in [7, 11) is 1.98. The number of anilines is 2. The fraction of sp³-hybridized carbons (Fsp3) is 0.577. The molecule has 2 aromatic rings. The van der Waals surface area contributed by atoms with Crippen LogP contribution in [0.2, 0.25) is 0 Å². The minimum atomic E-state index is -0.582. The average Bonchev–Trinajstić information content (AvgIpc) is 3.35. The normalized spacial score (nSPS) is 18.3. The lowest BCUT2D eigenvalue weighted by atomic mass is 9.87. The number of hydrogen-bond acceptors (Lipinski definition) is 5. The van der Waals surface area contributed by atoms with Crippen molar-refractivity contribution in [1.29, 1.82) is 0 Å². The molecule has 2 aliphatic carbocycles. The number of aryl methyl sites for hydroxylation is 1. The lowest BCUT2D eigenvalue weighted by molar-refractivity contribution is -0.120. The molecule has 3 N–H and O–H groups in total. The summed E-state index contributed by atoms with van der Waals surface area (Å²) in [5, 5.41) is 0. The van der Waals surface area contributed by atoms with Gasteiger partial charge in [-0.2, -0.15) is 0 Å². The number of nitrogens with two attached hydrogens (primary N) is 1. The molecule has 1 saturated carbocycles. The van der Waals surface area contributed by atoms with E-state index in [1.165, 1.54) is 15.7 Å². The number of aromatic nitrogens is 2. The quantitative estimate of drug-likeness (QED) is 0.620. The second-order valence-corrected chi connectivity index (χ2v) is 9.72. The largest absolute Gasteiger partial charge is 0.383 e. The molecular weight excluding hydrogens is 430 g/mol. The van der Waals surface area contributed by atoms with Gasteiger partial charge in [0, 0.05) is 18.6 Å². The van der Waals surface area contributed by atoms with E-state index in [9.17, 15) is 14.4 Å². The van der Waals surface area contributed by atoms with Crippen molar-refractivity contribution in [3.05, 3.63) is 56.2 Å². The van der Waals surface area contributed by atoms with E-state index < -0.39 is 11.2 Å². The molecule has 1 unspecified atom stereocenters. The monoisotopic (exact) mass is 467 g/mol. The number of nitrogens with one attached hydrogen (secondary N) is 1. The number of carbonyl (C=O) groups excluding carboxylic acids is 1. The van der Waals surface area contributed by atoms with Gasteiger partial charge in [-0.1, -0.05) is 50.5 Å². The van der Waals surface area contributed by atoms with Crippen LogP contribution >= 0.6 is 0 Å². The van der Waals surface area contributed by atoms with Crippen molar-refractivity contribution in [1.82, 2.24) is 14.5 Å². The highest BCUT2D eigenvalue weighted by Gasteiger charge is 2.34. The first-order chi connectivity index (χ1) is 16.4. The van der Waals surface area contributed by atoms with Crippen LogP contribution in [0.4, 0.5) is 11.5 Å². The lowest BCUT2D eigenvalue weighted by Crippen LogP contribution is -2.49. The molecule has 34 heavy (non-hydrogen) atoms. The highest BCUT2D eigenvalue weighted by Crippen LogP contribution is 2.34. The van der Waals surface area contributed by atoms with Crippen LogP contribution in [0.25, 0.3) is 0 Å². The Morgan fingerprint density at radius 1 is 1.15 bits per heavy atom. The summed E-state index contributed by atoms with van der Waals surface area (Å²) >= 11 is 0. The van der Waals surface area contributed by atoms with Crippen molar-refractivity contribution in [2.24, 2.45) is 0 Å². The third-order valence-electron chi connectivity index (χ3n) is 7.40. The number of nitrogen functional groups attached to an aromatic ring is 1. The van der Waals surface area contributed by atoms with Gasteiger partial charge in [0.2, 0.25) is 5.91 Å². The van der Waals surface area contributed by atoms with Crippen LogP contribution < -0.4 is 21.9 Å². The molecule has 0 aliphatic heterocycles. The Morgan fingerprint density at radius 3 is 2.62 bits per heavy atom. The van der Waals surface area contributed by atoms with Gasteiger partial charge < -0.3 is 10.6 Å². The number of likely N-dealkylation sites (N-methyl/N-ethyl adjacent to an activating group) is 1. The van der Waals surface area contributed by atoms with Crippen molar-refractivity contribution in [2.75, 3.05) is 24.2 Å². The van der Waals surface area contributed by atoms with Gasteiger partial charge in [-0.25, -0.2) is 4.79 Å². The van der Waals surface area contributed by atoms with Crippen LogP contribution in [0.1, 0.15) is 75.5 Å². The maximum atomic E-state index is 13.8. The van der Waals surface area contributed by atoms with E-state index in [4.69, 9.17) is 5.73 Å². The van der Waals surface area contributed by atoms with Crippen molar-refractivity contribution in [2.45, 2.75) is 83.3 Å². The molecule has 1 aromatic heterocycles. The third-order valence-corrected chi connectivity index (χ3v) is 7.40. The van der Waals surface area contributed by atoms with Gasteiger partial charge in [0.25, 0.3) is 5.56 Å². The molecule has 1 atom stereocenters. The predicted octanol–water partition coefficient (Wildman–Crippen LogP) is 3.20. The zero-order valence-electron chi connectivity index (χ0n) is 20.4. The van der Waals surface area contributed by atoms with Crippen LogP contribution in [0.3, 0.4) is 0 Å². The number of unbranched alkanes of at least 4 members (excludes halogenated alkanes) is 1. The number of hydrogen-bond donors (Lipinski definition) is 2. The van der Waals surface area contributed by atoms with Gasteiger partial charge in [0.1, 0.15) is 5.82 Å². The lowest BCUT2D eigenvalue weighted by Gasteiger charge is -2.36. The second-order valence-electron chi connectivity index (χ2n) is 9.72. The van der Waals surface area contributed by atoms with Crippen LogP contribution in [0.5, 0.6) is 0 Å². The minimum absolute atomic E-state index is 0.0833. The van der Waals surface area contributed by atoms with E-state index in [-0.39, 0.29) is 36.0 Å². The zero-order chi connectivity index (χ0) is 24.2. The van der Waals surface area contributed by atoms with Gasteiger partial charge in [-0.15, -0.1) is 0 Å². The molecule has 0 spiro atoms. The Hall–Kier alpha value is -2.87. The Kier molecular flexibility index (Phi) is 7.56. The summed E-state index contributed by atoms with van der Waals surface area (Å²) in [6.45, 7) is 2.63. The Balaban J connectivity index is 1.66. The highest BCUT2D eigenvalue weighted by molar-refractivity contribution is 5.97. The summed E-state index contributed by atoms with van der Waals surface area (Å²) in [6.07, 6.45) is 8.46. The molecule has 8 heteroatoms. The van der Waals surface area contributed by atoms with Gasteiger partial charge in [0.05, 0.1) is 6.54 Å². The number of rotatable bonds is 8. The Morgan fingerprint density at radius 2 is 1.88 bits per heavy atom. The zero-order valence-corrected chi connectivity index (χ0v) is 20.4. The Labute approximate surface area is 200 Å². The third kappa shape index (κ3) is 4.82. The molecule has 0 saturated heterocycles. The van der Waals surface area contributed by atoms with Crippen LogP contribution in [0, 0.1) is 0 Å². The minimum Gasteiger partial charge on any atom is -0.383 e. The summed E-state index contributed by atoms with van der Waals surface area (Å²) in [5.74, 6) is -0.0524. The summed E-state index contributed by atoms with van der Waals surface area (Å²) in [6, 6.07) is 8.52. The van der Waals surface area contributed by atoms with Crippen LogP contribution in [0.15, 0.2) is 33.9 Å². The maximum absolute atomic E-state index is 13.8. The van der Waals surface area contributed by atoms with Gasteiger partial charge in [0.15, 0.2) is 5.69 Å². The van der Waals surface area contributed by atoms with E-state index in [1.807, 2.05) is 14.0 Å². The summed E-state index contributed by atoms with van der Waals surface area (Å²) < 4.78 is 1.40.